The predicted molar refractivity (Wildman–Crippen MR) is 120 cm³/mol. The van der Waals surface area contributed by atoms with E-state index in [1.165, 1.54) is 20.8 Å². The molecule has 0 aromatic heterocycles. The third-order valence-electron chi connectivity index (χ3n) is 5.75. The number of rotatable bonds is 14. The zero-order chi connectivity index (χ0) is 24.2. The summed E-state index contributed by atoms with van der Waals surface area (Å²) in [7, 11) is 0. The van der Waals surface area contributed by atoms with E-state index in [9.17, 15) is 45.0 Å². The standard InChI is InChI=1S/C18H32O9S3/c1-14(28,11(22)23)6-18(7-15(2,29)12(24)25,8-16(3,30)13(26)27)17(9-20,10-21)4-5-19/h19-21,28-30H,4-10H2,1-3H3,(H,22,23)(H,24,25)(H,26,27). The Morgan fingerprint density at radius 1 is 0.633 bits per heavy atom. The summed E-state index contributed by atoms with van der Waals surface area (Å²) in [5.74, 6) is -4.09. The summed E-state index contributed by atoms with van der Waals surface area (Å²) in [5, 5.41) is 59.1. The van der Waals surface area contributed by atoms with Gasteiger partial charge in [0.05, 0.1) is 13.2 Å². The second-order valence-corrected chi connectivity index (χ2v) is 11.6. The van der Waals surface area contributed by atoms with Gasteiger partial charge in [0.25, 0.3) is 0 Å². The molecule has 3 unspecified atom stereocenters. The van der Waals surface area contributed by atoms with Crippen LogP contribution in [-0.2, 0) is 14.4 Å². The molecule has 176 valence electrons. The largest absolute Gasteiger partial charge is 0.480 e. The van der Waals surface area contributed by atoms with Crippen molar-refractivity contribution in [3.05, 3.63) is 0 Å². The van der Waals surface area contributed by atoms with Gasteiger partial charge in [0, 0.05) is 12.0 Å². The fraction of sp³-hybridized carbons (Fsp3) is 0.833. The average Bonchev–Trinajstić information content (AvgIpc) is 2.57. The summed E-state index contributed by atoms with van der Waals surface area (Å²) in [6.45, 7) is 1.66. The predicted octanol–water partition coefficient (Wildman–Crippen LogP) is 0.816. The van der Waals surface area contributed by atoms with Gasteiger partial charge in [0.1, 0.15) is 14.2 Å². The first-order valence-corrected chi connectivity index (χ1v) is 10.4. The highest BCUT2D eigenvalue weighted by atomic mass is 32.1. The van der Waals surface area contributed by atoms with E-state index >= 15 is 0 Å². The number of carboxylic acid groups (broad SMARTS) is 3. The second-order valence-electron chi connectivity index (χ2n) is 8.62. The van der Waals surface area contributed by atoms with E-state index in [2.05, 4.69) is 37.9 Å². The topological polar surface area (TPSA) is 173 Å². The van der Waals surface area contributed by atoms with E-state index < -0.39 is 82.1 Å². The molecule has 0 saturated carbocycles. The minimum Gasteiger partial charge on any atom is -0.480 e. The third kappa shape index (κ3) is 6.42. The van der Waals surface area contributed by atoms with Gasteiger partial charge in [-0.25, -0.2) is 0 Å². The highest BCUT2D eigenvalue weighted by molar-refractivity contribution is 7.83. The van der Waals surface area contributed by atoms with Gasteiger partial charge in [-0.1, -0.05) is 0 Å². The Morgan fingerprint density at radius 3 is 1.07 bits per heavy atom. The molecule has 0 aliphatic carbocycles. The summed E-state index contributed by atoms with van der Waals surface area (Å²) >= 11 is 12.6. The molecule has 6 N–H and O–H groups in total. The van der Waals surface area contributed by atoms with E-state index in [0.29, 0.717) is 0 Å². The number of carbonyl (C=O) groups is 3. The first kappa shape index (κ1) is 29.3. The maximum atomic E-state index is 11.8. The maximum absolute atomic E-state index is 11.8. The molecule has 30 heavy (non-hydrogen) atoms. The third-order valence-corrected chi connectivity index (χ3v) is 6.80. The highest BCUT2D eigenvalue weighted by Gasteiger charge is 2.59. The molecular formula is C18H32O9S3. The van der Waals surface area contributed by atoms with Crippen LogP contribution in [-0.4, -0.2) is 82.6 Å². The number of aliphatic hydroxyl groups is 3. The first-order chi connectivity index (χ1) is 13.4. The highest BCUT2D eigenvalue weighted by Crippen LogP contribution is 2.58. The van der Waals surface area contributed by atoms with Crippen molar-refractivity contribution in [3.63, 3.8) is 0 Å². The molecule has 0 bridgehead atoms. The molecule has 3 atom stereocenters. The Morgan fingerprint density at radius 2 is 0.900 bits per heavy atom. The van der Waals surface area contributed by atoms with Gasteiger partial charge in [-0.2, -0.15) is 37.9 Å². The Kier molecular flexibility index (Phi) is 10.1. The minimum absolute atomic E-state index is 0.254. The number of thiol groups is 3. The van der Waals surface area contributed by atoms with Crippen molar-refractivity contribution in [2.75, 3.05) is 19.8 Å². The fourth-order valence-electron chi connectivity index (χ4n) is 3.98. The summed E-state index contributed by atoms with van der Waals surface area (Å²) in [6.07, 6.45) is -1.57. The molecule has 12 heteroatoms. The molecule has 0 fully saturated rings. The van der Waals surface area contributed by atoms with Crippen LogP contribution in [0.25, 0.3) is 0 Å². The van der Waals surface area contributed by atoms with Crippen LogP contribution >= 0.6 is 37.9 Å². The van der Waals surface area contributed by atoms with Crippen molar-refractivity contribution in [1.82, 2.24) is 0 Å². The number of aliphatic carboxylic acids is 3. The number of aliphatic hydroxyl groups excluding tert-OH is 3. The Labute approximate surface area is 192 Å². The fourth-order valence-corrected chi connectivity index (χ4v) is 4.88. The zero-order valence-electron chi connectivity index (χ0n) is 17.2. The van der Waals surface area contributed by atoms with Gasteiger partial charge in [-0.3, -0.25) is 14.4 Å². The molecule has 0 rings (SSSR count). The van der Waals surface area contributed by atoms with Crippen LogP contribution in [0.1, 0.15) is 46.5 Å². The molecule has 0 aromatic carbocycles. The molecule has 0 aliphatic heterocycles. The van der Waals surface area contributed by atoms with Gasteiger partial charge in [0.2, 0.25) is 0 Å². The van der Waals surface area contributed by atoms with Gasteiger partial charge in [0.15, 0.2) is 0 Å². The van der Waals surface area contributed by atoms with Crippen molar-refractivity contribution in [2.45, 2.75) is 60.7 Å². The van der Waals surface area contributed by atoms with Crippen LogP contribution in [0.5, 0.6) is 0 Å². The summed E-state index contributed by atoms with van der Waals surface area (Å²) in [6, 6.07) is 0. The van der Waals surface area contributed by atoms with Gasteiger partial charge < -0.3 is 30.6 Å². The molecule has 0 saturated heterocycles. The van der Waals surface area contributed by atoms with Crippen molar-refractivity contribution >= 4 is 55.8 Å². The number of carboxylic acids is 3. The number of hydrogen-bond acceptors (Lipinski definition) is 9. The zero-order valence-corrected chi connectivity index (χ0v) is 19.9. The van der Waals surface area contributed by atoms with Gasteiger partial charge in [-0.05, 0) is 51.9 Å². The summed E-state index contributed by atoms with van der Waals surface area (Å²) < 4.78 is -5.39. The Bertz CT molecular complexity index is 573. The lowest BCUT2D eigenvalue weighted by molar-refractivity contribution is -0.151. The van der Waals surface area contributed by atoms with Crippen molar-refractivity contribution < 1.29 is 45.0 Å². The molecule has 0 spiro atoms. The molecule has 9 nitrogen and oxygen atoms in total. The lowest BCUT2D eigenvalue weighted by Crippen LogP contribution is -2.58. The molecular weight excluding hydrogens is 456 g/mol. The molecule has 0 heterocycles. The smallest absolute Gasteiger partial charge is 0.319 e. The first-order valence-electron chi connectivity index (χ1n) is 9.08. The lowest BCUT2D eigenvalue weighted by atomic mass is 9.53. The minimum atomic E-state index is -1.80. The molecule has 0 aromatic rings. The molecule has 0 radical (unpaired) electrons. The van der Waals surface area contributed by atoms with Crippen molar-refractivity contribution in [2.24, 2.45) is 10.8 Å². The SMILES string of the molecule is CC(S)(CC(CC(C)(S)C(=O)O)(CC(C)(S)C(=O)O)C(CO)(CO)CCO)C(=O)O. The van der Waals surface area contributed by atoms with E-state index in [4.69, 9.17) is 0 Å². The van der Waals surface area contributed by atoms with E-state index in [1.54, 1.807) is 0 Å². The van der Waals surface area contributed by atoms with Crippen LogP contribution < -0.4 is 0 Å². The Hall–Kier alpha value is -0.660. The van der Waals surface area contributed by atoms with E-state index in [1.807, 2.05) is 0 Å². The van der Waals surface area contributed by atoms with Crippen LogP contribution in [0.4, 0.5) is 0 Å². The maximum Gasteiger partial charge on any atom is 0.319 e. The van der Waals surface area contributed by atoms with Crippen LogP contribution in [0.3, 0.4) is 0 Å². The van der Waals surface area contributed by atoms with E-state index in [0.717, 1.165) is 0 Å². The quantitative estimate of drug-likeness (QED) is 0.160. The average molecular weight is 489 g/mol. The van der Waals surface area contributed by atoms with Gasteiger partial charge in [-0.15, -0.1) is 0 Å². The van der Waals surface area contributed by atoms with Crippen molar-refractivity contribution in [3.8, 4) is 0 Å². The number of hydrogen-bond donors (Lipinski definition) is 9. The monoisotopic (exact) mass is 488 g/mol. The second kappa shape index (κ2) is 10.3. The lowest BCUT2D eigenvalue weighted by Gasteiger charge is -2.55. The normalized spacial score (nSPS) is 20.3. The Balaban J connectivity index is 7.15. The molecule has 0 amide bonds. The molecule has 0 aliphatic rings. The van der Waals surface area contributed by atoms with E-state index in [-0.39, 0.29) is 6.42 Å². The van der Waals surface area contributed by atoms with Crippen LogP contribution in [0.15, 0.2) is 0 Å². The summed E-state index contributed by atoms with van der Waals surface area (Å²) in [5.41, 5.74) is -3.32. The van der Waals surface area contributed by atoms with Crippen LogP contribution in [0, 0.1) is 10.8 Å². The van der Waals surface area contributed by atoms with Crippen LogP contribution in [0.2, 0.25) is 0 Å². The van der Waals surface area contributed by atoms with Gasteiger partial charge >= 0.3 is 17.9 Å². The summed E-state index contributed by atoms with van der Waals surface area (Å²) in [4.78, 5) is 35.5. The van der Waals surface area contributed by atoms with Crippen molar-refractivity contribution in [1.29, 1.82) is 0 Å².